The quantitative estimate of drug-likeness (QED) is 0.873. The molecule has 27 heavy (non-hydrogen) atoms. The van der Waals surface area contributed by atoms with E-state index in [0.717, 1.165) is 19.4 Å². The second-order valence-corrected chi connectivity index (χ2v) is 7.69. The predicted molar refractivity (Wildman–Crippen MR) is 101 cm³/mol. The van der Waals surface area contributed by atoms with E-state index < -0.39 is 0 Å². The maximum absolute atomic E-state index is 14.0. The third-order valence-electron chi connectivity index (χ3n) is 5.08. The van der Waals surface area contributed by atoms with Crippen LogP contribution in [0.4, 0.5) is 4.39 Å². The number of aromatic nitrogens is 1. The summed E-state index contributed by atoms with van der Waals surface area (Å²) in [4.78, 5) is 33.1. The van der Waals surface area contributed by atoms with Gasteiger partial charge in [0.25, 0.3) is 5.91 Å². The first-order valence-corrected chi connectivity index (χ1v) is 10.0. The Morgan fingerprint density at radius 3 is 2.96 bits per heavy atom. The van der Waals surface area contributed by atoms with Gasteiger partial charge < -0.3 is 15.1 Å². The number of carbonyl (C=O) groups excluding carboxylic acids is 2. The lowest BCUT2D eigenvalue weighted by Crippen LogP contribution is -2.57. The van der Waals surface area contributed by atoms with Crippen LogP contribution in [0.1, 0.15) is 23.3 Å². The number of hydrogen-bond donors (Lipinski definition) is 1. The van der Waals surface area contributed by atoms with Crippen molar-refractivity contribution in [3.63, 3.8) is 0 Å². The summed E-state index contributed by atoms with van der Waals surface area (Å²) in [6.45, 7) is 3.01. The number of piperidine rings is 1. The van der Waals surface area contributed by atoms with Crippen LogP contribution in [0.15, 0.2) is 29.6 Å². The number of benzene rings is 1. The summed E-state index contributed by atoms with van der Waals surface area (Å²) < 4.78 is 14.0. The molecule has 0 aliphatic carbocycles. The molecule has 2 aromatic rings. The van der Waals surface area contributed by atoms with Gasteiger partial charge in [-0.25, -0.2) is 9.37 Å². The van der Waals surface area contributed by atoms with E-state index in [-0.39, 0.29) is 23.7 Å². The number of hydrogen-bond acceptors (Lipinski definition) is 5. The standard InChI is InChI=1S/C19H21FN4O2S/c20-15-6-2-1-5-14(15)18-22-16(12-27-18)19(26)23-8-3-4-13(11-23)24-9-7-21-10-17(24)25/h1-2,5-6,12-13,21H,3-4,7-11H2. The topological polar surface area (TPSA) is 65.5 Å². The van der Waals surface area contributed by atoms with Gasteiger partial charge in [0.05, 0.1) is 6.54 Å². The van der Waals surface area contributed by atoms with E-state index in [9.17, 15) is 14.0 Å². The first-order chi connectivity index (χ1) is 13.1. The Morgan fingerprint density at radius 1 is 1.30 bits per heavy atom. The minimum atomic E-state index is -0.346. The SMILES string of the molecule is O=C(c1csc(-c2ccccc2F)n1)N1CCCC(N2CCNCC2=O)C1. The van der Waals surface area contributed by atoms with Gasteiger partial charge in [-0.05, 0) is 25.0 Å². The van der Waals surface area contributed by atoms with Gasteiger partial charge in [0, 0.05) is 43.2 Å². The molecule has 1 aromatic heterocycles. The first kappa shape index (κ1) is 18.1. The molecule has 0 saturated carbocycles. The average Bonchev–Trinajstić information content (AvgIpc) is 3.18. The molecule has 2 aliphatic heterocycles. The Kier molecular flexibility index (Phi) is 5.18. The van der Waals surface area contributed by atoms with E-state index in [0.29, 0.717) is 42.4 Å². The number of carbonyl (C=O) groups is 2. The second-order valence-electron chi connectivity index (χ2n) is 6.83. The highest BCUT2D eigenvalue weighted by Gasteiger charge is 2.32. The number of likely N-dealkylation sites (tertiary alicyclic amines) is 1. The van der Waals surface area contributed by atoms with E-state index in [4.69, 9.17) is 0 Å². The van der Waals surface area contributed by atoms with Crippen LogP contribution >= 0.6 is 11.3 Å². The van der Waals surface area contributed by atoms with Crippen molar-refractivity contribution in [3.05, 3.63) is 41.2 Å². The van der Waals surface area contributed by atoms with Gasteiger partial charge in [-0.2, -0.15) is 0 Å². The van der Waals surface area contributed by atoms with Gasteiger partial charge in [-0.15, -0.1) is 11.3 Å². The van der Waals surface area contributed by atoms with E-state index in [1.54, 1.807) is 28.5 Å². The zero-order valence-electron chi connectivity index (χ0n) is 14.9. The largest absolute Gasteiger partial charge is 0.336 e. The second kappa shape index (κ2) is 7.74. The van der Waals surface area contributed by atoms with Gasteiger partial charge in [-0.3, -0.25) is 9.59 Å². The molecule has 6 nitrogen and oxygen atoms in total. The lowest BCUT2D eigenvalue weighted by molar-refractivity contribution is -0.135. The molecular formula is C19H21FN4O2S. The third-order valence-corrected chi connectivity index (χ3v) is 5.95. The zero-order valence-corrected chi connectivity index (χ0v) is 15.7. The minimum absolute atomic E-state index is 0.0574. The number of nitrogens with zero attached hydrogens (tertiary/aromatic N) is 3. The van der Waals surface area contributed by atoms with Gasteiger partial charge in [-0.1, -0.05) is 12.1 Å². The van der Waals surface area contributed by atoms with Gasteiger partial charge in [0.15, 0.2) is 0 Å². The number of rotatable bonds is 3. The molecule has 142 valence electrons. The third kappa shape index (κ3) is 3.72. The Morgan fingerprint density at radius 2 is 2.15 bits per heavy atom. The summed E-state index contributed by atoms with van der Waals surface area (Å²) in [5, 5.41) is 5.26. The number of amides is 2. The molecule has 8 heteroatoms. The van der Waals surface area contributed by atoms with E-state index in [1.807, 2.05) is 4.90 Å². The summed E-state index contributed by atoms with van der Waals surface area (Å²) >= 11 is 1.27. The Bertz CT molecular complexity index is 856. The van der Waals surface area contributed by atoms with E-state index >= 15 is 0 Å². The fraction of sp³-hybridized carbons (Fsp3) is 0.421. The lowest BCUT2D eigenvalue weighted by Gasteiger charge is -2.40. The van der Waals surface area contributed by atoms with Crippen LogP contribution in [0, 0.1) is 5.82 Å². The molecule has 1 atom stereocenters. The molecular weight excluding hydrogens is 367 g/mol. The summed E-state index contributed by atoms with van der Waals surface area (Å²) in [6, 6.07) is 6.49. The van der Waals surface area contributed by atoms with Crippen LogP contribution in [-0.2, 0) is 4.79 Å². The number of piperazine rings is 1. The van der Waals surface area contributed by atoms with Gasteiger partial charge >= 0.3 is 0 Å². The molecule has 4 rings (SSSR count). The molecule has 0 bridgehead atoms. The van der Waals surface area contributed by atoms with E-state index in [2.05, 4.69) is 10.3 Å². The van der Waals surface area contributed by atoms with Gasteiger partial charge in [0.1, 0.15) is 16.5 Å². The van der Waals surface area contributed by atoms with Crippen molar-refractivity contribution >= 4 is 23.2 Å². The molecule has 0 radical (unpaired) electrons. The predicted octanol–water partition coefficient (Wildman–Crippen LogP) is 1.99. The fourth-order valence-electron chi connectivity index (χ4n) is 3.69. The smallest absolute Gasteiger partial charge is 0.273 e. The Balaban J connectivity index is 1.48. The summed E-state index contributed by atoms with van der Waals surface area (Å²) in [5.74, 6) is -0.404. The zero-order chi connectivity index (χ0) is 18.8. The summed E-state index contributed by atoms with van der Waals surface area (Å²) in [6.07, 6.45) is 1.77. The minimum Gasteiger partial charge on any atom is -0.336 e. The summed E-state index contributed by atoms with van der Waals surface area (Å²) in [7, 11) is 0. The van der Waals surface area contributed by atoms with E-state index in [1.165, 1.54) is 17.4 Å². The van der Waals surface area contributed by atoms with Gasteiger partial charge in [0.2, 0.25) is 5.91 Å². The molecule has 2 aliphatic rings. The van der Waals surface area contributed by atoms with Crippen LogP contribution in [0.3, 0.4) is 0 Å². The van der Waals surface area contributed by atoms with Crippen molar-refractivity contribution in [2.75, 3.05) is 32.7 Å². The van der Waals surface area contributed by atoms with Crippen molar-refractivity contribution in [2.24, 2.45) is 0 Å². The number of nitrogens with one attached hydrogen (secondary N) is 1. The van der Waals surface area contributed by atoms with Crippen molar-refractivity contribution in [1.29, 1.82) is 0 Å². The highest BCUT2D eigenvalue weighted by molar-refractivity contribution is 7.13. The number of thiazole rings is 1. The number of halogens is 1. The van der Waals surface area contributed by atoms with Crippen LogP contribution in [-0.4, -0.2) is 65.4 Å². The Hall–Kier alpha value is -2.32. The lowest BCUT2D eigenvalue weighted by atomic mass is 10.0. The monoisotopic (exact) mass is 388 g/mol. The van der Waals surface area contributed by atoms with Crippen molar-refractivity contribution in [3.8, 4) is 10.6 Å². The maximum atomic E-state index is 14.0. The molecule has 2 saturated heterocycles. The molecule has 1 unspecified atom stereocenters. The molecule has 0 spiro atoms. The maximum Gasteiger partial charge on any atom is 0.273 e. The normalized spacial score (nSPS) is 20.8. The van der Waals surface area contributed by atoms with Crippen LogP contribution < -0.4 is 5.32 Å². The highest BCUT2D eigenvalue weighted by Crippen LogP contribution is 2.27. The van der Waals surface area contributed by atoms with Crippen LogP contribution in [0.2, 0.25) is 0 Å². The fourth-order valence-corrected chi connectivity index (χ4v) is 4.51. The molecule has 2 amide bonds. The van der Waals surface area contributed by atoms with Crippen molar-refractivity contribution in [1.82, 2.24) is 20.1 Å². The van der Waals surface area contributed by atoms with Crippen molar-refractivity contribution < 1.29 is 14.0 Å². The molecule has 1 N–H and O–H groups in total. The first-order valence-electron chi connectivity index (χ1n) is 9.13. The average molecular weight is 388 g/mol. The molecule has 1 aromatic carbocycles. The van der Waals surface area contributed by atoms with Crippen molar-refractivity contribution in [2.45, 2.75) is 18.9 Å². The van der Waals surface area contributed by atoms with Crippen LogP contribution in [0.25, 0.3) is 10.6 Å². The molecule has 3 heterocycles. The highest BCUT2D eigenvalue weighted by atomic mass is 32.1. The molecule has 2 fully saturated rings. The van der Waals surface area contributed by atoms with Crippen LogP contribution in [0.5, 0.6) is 0 Å². The Labute approximate surface area is 161 Å². The summed E-state index contributed by atoms with van der Waals surface area (Å²) in [5.41, 5.74) is 0.745.